The highest BCUT2D eigenvalue weighted by Crippen LogP contribution is 2.36. The monoisotopic (exact) mass is 376 g/mol. The van der Waals surface area contributed by atoms with Gasteiger partial charge in [0.2, 0.25) is 12.0 Å². The van der Waals surface area contributed by atoms with E-state index in [0.717, 1.165) is 10.8 Å². The van der Waals surface area contributed by atoms with Gasteiger partial charge in [0.25, 0.3) is 5.91 Å². The number of amides is 2. The zero-order valence-electron chi connectivity index (χ0n) is 14.0. The second-order valence-corrected chi connectivity index (χ2v) is 6.97. The molecule has 3 aromatic carbocycles. The fourth-order valence-corrected chi connectivity index (χ4v) is 3.73. The van der Waals surface area contributed by atoms with E-state index in [0.29, 0.717) is 22.0 Å². The summed E-state index contributed by atoms with van der Waals surface area (Å²) in [5.74, 6) is -1.47. The van der Waals surface area contributed by atoms with Gasteiger partial charge in [0, 0.05) is 10.6 Å². The molecule has 2 aliphatic heterocycles. The number of hydrogen-bond acceptors (Lipinski definition) is 4. The van der Waals surface area contributed by atoms with Crippen molar-refractivity contribution in [1.29, 1.82) is 0 Å². The zero-order chi connectivity index (χ0) is 18.5. The van der Waals surface area contributed by atoms with E-state index in [9.17, 15) is 9.59 Å². The average molecular weight is 377 g/mol. The number of hydrogen-bond donors (Lipinski definition) is 0. The largest absolute Gasteiger partial charge is 0.381 e. The Bertz CT molecular complexity index is 1120. The molecule has 0 aliphatic carbocycles. The summed E-state index contributed by atoms with van der Waals surface area (Å²) in [4.78, 5) is 32.5. The second kappa shape index (κ2) is 5.93. The van der Waals surface area contributed by atoms with Crippen LogP contribution in [0, 0.1) is 5.92 Å². The van der Waals surface area contributed by atoms with Gasteiger partial charge in [0.05, 0.1) is 5.69 Å². The van der Waals surface area contributed by atoms with Crippen LogP contribution in [0.4, 0.5) is 5.69 Å². The first-order valence-corrected chi connectivity index (χ1v) is 8.87. The van der Waals surface area contributed by atoms with Crippen LogP contribution < -0.4 is 4.90 Å². The molecule has 1 fully saturated rings. The lowest BCUT2D eigenvalue weighted by molar-refractivity contribution is -0.126. The molecule has 6 heteroatoms. The van der Waals surface area contributed by atoms with Crippen LogP contribution in [0.2, 0.25) is 5.02 Å². The third kappa shape index (κ3) is 2.43. The minimum Gasteiger partial charge on any atom is -0.381 e. The molecule has 0 unspecified atom stereocenters. The molecule has 2 heterocycles. The van der Waals surface area contributed by atoms with Crippen LogP contribution in [0.3, 0.4) is 0 Å². The number of carbonyl (C=O) groups excluding carboxylic acids is 2. The van der Waals surface area contributed by atoms with Crippen molar-refractivity contribution in [2.75, 3.05) is 4.90 Å². The fourth-order valence-electron chi connectivity index (χ4n) is 3.61. The van der Waals surface area contributed by atoms with E-state index in [4.69, 9.17) is 16.4 Å². The van der Waals surface area contributed by atoms with Gasteiger partial charge >= 0.3 is 0 Å². The fraction of sp³-hybridized carbons (Fsp3) is 0.0952. The third-order valence-electron chi connectivity index (χ3n) is 4.94. The topological polar surface area (TPSA) is 59.0 Å². The minimum atomic E-state index is -0.922. The molecule has 2 amide bonds. The Kier molecular flexibility index (Phi) is 3.52. The predicted octanol–water partition coefficient (Wildman–Crippen LogP) is 3.79. The Morgan fingerprint density at radius 2 is 1.63 bits per heavy atom. The number of imide groups is 1. The van der Waals surface area contributed by atoms with E-state index in [-0.39, 0.29) is 5.91 Å². The first-order valence-electron chi connectivity index (χ1n) is 8.50. The maximum Gasteiger partial charge on any atom is 0.278 e. The molecule has 0 spiro atoms. The number of halogens is 1. The van der Waals surface area contributed by atoms with Crippen molar-refractivity contribution in [3.05, 3.63) is 77.3 Å². The van der Waals surface area contributed by atoms with Crippen LogP contribution in [0.15, 0.2) is 71.9 Å². The highest BCUT2D eigenvalue weighted by Gasteiger charge is 2.56. The van der Waals surface area contributed by atoms with Crippen LogP contribution >= 0.6 is 11.6 Å². The molecule has 5 nitrogen and oxygen atoms in total. The molecule has 3 aromatic rings. The first-order chi connectivity index (χ1) is 13.1. The van der Waals surface area contributed by atoms with Crippen molar-refractivity contribution in [3.63, 3.8) is 0 Å². The number of fused-ring (bicyclic) bond motifs is 2. The van der Waals surface area contributed by atoms with E-state index < -0.39 is 17.9 Å². The van der Waals surface area contributed by atoms with Gasteiger partial charge in [-0.05, 0) is 35.0 Å². The molecule has 27 heavy (non-hydrogen) atoms. The summed E-state index contributed by atoms with van der Waals surface area (Å²) >= 11 is 5.93. The second-order valence-electron chi connectivity index (χ2n) is 6.53. The molecule has 0 saturated carbocycles. The molecular weight excluding hydrogens is 364 g/mol. The Morgan fingerprint density at radius 3 is 2.41 bits per heavy atom. The SMILES string of the molecule is O=C1[C@H]2C(c3ccc(Cl)cc3)=NO[C@H]2C(=O)N1c1ccc2ccccc2c1. The number of carbonyl (C=O) groups is 2. The van der Waals surface area contributed by atoms with Gasteiger partial charge in [0.15, 0.2) is 0 Å². The number of nitrogens with zero attached hydrogens (tertiary/aromatic N) is 2. The Balaban J connectivity index is 1.53. The number of anilines is 1. The molecule has 1 saturated heterocycles. The molecule has 0 aromatic heterocycles. The van der Waals surface area contributed by atoms with Crippen molar-refractivity contribution in [2.45, 2.75) is 6.10 Å². The molecule has 0 radical (unpaired) electrons. The summed E-state index contributed by atoms with van der Waals surface area (Å²) in [5.41, 5.74) is 1.71. The van der Waals surface area contributed by atoms with Crippen LogP contribution in [0.25, 0.3) is 10.8 Å². The standard InChI is InChI=1S/C21H13ClN2O3/c22-15-8-5-13(6-9-15)18-17-19(27-23-18)21(26)24(20(17)25)16-10-7-12-3-1-2-4-14(12)11-16/h1-11,17,19H/t17-,19+/m0/s1. The lowest BCUT2D eigenvalue weighted by atomic mass is 9.94. The Hall–Kier alpha value is -3.18. The van der Waals surface area contributed by atoms with E-state index in [1.54, 1.807) is 30.3 Å². The zero-order valence-corrected chi connectivity index (χ0v) is 14.8. The lowest BCUT2D eigenvalue weighted by Gasteiger charge is -2.16. The summed E-state index contributed by atoms with van der Waals surface area (Å²) in [7, 11) is 0. The van der Waals surface area contributed by atoms with Gasteiger partial charge in [-0.25, -0.2) is 4.90 Å². The summed E-state index contributed by atoms with van der Waals surface area (Å²) < 4.78 is 0. The van der Waals surface area contributed by atoms with Crippen LogP contribution in [0.1, 0.15) is 5.56 Å². The van der Waals surface area contributed by atoms with Crippen LogP contribution in [0.5, 0.6) is 0 Å². The Labute approximate surface area is 159 Å². The highest BCUT2D eigenvalue weighted by molar-refractivity contribution is 6.33. The van der Waals surface area contributed by atoms with Gasteiger partial charge < -0.3 is 4.84 Å². The van der Waals surface area contributed by atoms with Gasteiger partial charge in [-0.3, -0.25) is 9.59 Å². The summed E-state index contributed by atoms with van der Waals surface area (Å²) in [6.07, 6.45) is -0.922. The minimum absolute atomic E-state index is 0.327. The van der Waals surface area contributed by atoms with Crippen LogP contribution in [-0.2, 0) is 14.4 Å². The van der Waals surface area contributed by atoms with Crippen molar-refractivity contribution in [2.24, 2.45) is 11.1 Å². The molecular formula is C21H13ClN2O3. The maximum absolute atomic E-state index is 13.1. The van der Waals surface area contributed by atoms with E-state index in [1.165, 1.54) is 4.90 Å². The van der Waals surface area contributed by atoms with E-state index in [1.807, 2.05) is 36.4 Å². The summed E-state index contributed by atoms with van der Waals surface area (Å²) in [6, 6.07) is 20.3. The van der Waals surface area contributed by atoms with Crippen LogP contribution in [-0.4, -0.2) is 23.6 Å². The smallest absolute Gasteiger partial charge is 0.278 e. The molecule has 0 N–H and O–H groups in total. The molecule has 2 aliphatic rings. The van der Waals surface area contributed by atoms with Gasteiger partial charge in [0.1, 0.15) is 11.6 Å². The first kappa shape index (κ1) is 16.0. The molecule has 0 bridgehead atoms. The Morgan fingerprint density at radius 1 is 0.889 bits per heavy atom. The van der Waals surface area contributed by atoms with Gasteiger partial charge in [-0.1, -0.05) is 59.2 Å². The third-order valence-corrected chi connectivity index (χ3v) is 5.20. The summed E-state index contributed by atoms with van der Waals surface area (Å²) in [6.45, 7) is 0. The number of benzene rings is 3. The van der Waals surface area contributed by atoms with Crippen molar-refractivity contribution in [1.82, 2.24) is 0 Å². The molecule has 5 rings (SSSR count). The number of rotatable bonds is 2. The van der Waals surface area contributed by atoms with Crippen molar-refractivity contribution in [3.8, 4) is 0 Å². The quantitative estimate of drug-likeness (QED) is 0.639. The van der Waals surface area contributed by atoms with E-state index in [2.05, 4.69) is 5.16 Å². The van der Waals surface area contributed by atoms with Gasteiger partial charge in [-0.2, -0.15) is 0 Å². The van der Waals surface area contributed by atoms with Gasteiger partial charge in [-0.15, -0.1) is 0 Å². The van der Waals surface area contributed by atoms with Crippen molar-refractivity contribution < 1.29 is 14.4 Å². The maximum atomic E-state index is 13.1. The normalized spacial score (nSPS) is 21.4. The average Bonchev–Trinajstić information content (AvgIpc) is 3.23. The highest BCUT2D eigenvalue weighted by atomic mass is 35.5. The van der Waals surface area contributed by atoms with Crippen molar-refractivity contribution >= 4 is 45.6 Å². The number of oxime groups is 1. The lowest BCUT2D eigenvalue weighted by Crippen LogP contribution is -2.33. The molecule has 2 atom stereocenters. The van der Waals surface area contributed by atoms with E-state index >= 15 is 0 Å². The summed E-state index contributed by atoms with van der Waals surface area (Å²) in [5, 5.41) is 6.59. The predicted molar refractivity (Wildman–Crippen MR) is 103 cm³/mol. The molecule has 132 valence electrons.